The van der Waals surface area contributed by atoms with Crippen molar-refractivity contribution < 1.29 is 17.9 Å². The van der Waals surface area contributed by atoms with Gasteiger partial charge in [-0.15, -0.1) is 11.3 Å². The minimum Gasteiger partial charge on any atom is -0.376 e. The van der Waals surface area contributed by atoms with Gasteiger partial charge < -0.3 is 9.64 Å². The Bertz CT molecular complexity index is 862. The van der Waals surface area contributed by atoms with Crippen molar-refractivity contribution in [3.63, 3.8) is 0 Å². The number of carbonyl (C=O) groups is 1. The third-order valence-corrected chi connectivity index (χ3v) is 7.16. The quantitative estimate of drug-likeness (QED) is 0.589. The lowest BCUT2D eigenvalue weighted by Gasteiger charge is -2.25. The lowest BCUT2D eigenvalue weighted by molar-refractivity contribution is -0.130. The number of thiophene rings is 1. The number of hydrogen-bond acceptors (Lipinski definition) is 5. The van der Waals surface area contributed by atoms with E-state index < -0.39 is 15.6 Å². The molecular formula is C19H22BrNO4S2. The predicted molar refractivity (Wildman–Crippen MR) is 110 cm³/mol. The number of nitrogens with zero attached hydrogens (tertiary/aromatic N) is 1. The van der Waals surface area contributed by atoms with Crippen molar-refractivity contribution in [2.75, 3.05) is 18.9 Å². The third-order valence-electron chi connectivity index (χ3n) is 4.35. The Kier molecular flexibility index (Phi) is 7.08. The van der Waals surface area contributed by atoms with Crippen LogP contribution in [0.4, 0.5) is 0 Å². The van der Waals surface area contributed by atoms with Crippen LogP contribution in [0.3, 0.4) is 0 Å². The second-order valence-electron chi connectivity index (χ2n) is 6.65. The molecule has 1 unspecified atom stereocenters. The van der Waals surface area contributed by atoms with E-state index >= 15 is 0 Å². The number of amides is 1. The summed E-state index contributed by atoms with van der Waals surface area (Å²) >= 11 is 4.90. The van der Waals surface area contributed by atoms with Crippen molar-refractivity contribution in [3.05, 3.63) is 56.7 Å². The van der Waals surface area contributed by atoms with Crippen LogP contribution in [0.1, 0.15) is 23.3 Å². The minimum atomic E-state index is -3.56. The second-order valence-corrected chi connectivity index (χ2v) is 10.7. The molecule has 8 heteroatoms. The molecule has 146 valence electrons. The first kappa shape index (κ1) is 20.5. The van der Waals surface area contributed by atoms with Crippen molar-refractivity contribution in [3.8, 4) is 0 Å². The summed E-state index contributed by atoms with van der Waals surface area (Å²) in [6.45, 7) is 1.55. The normalized spacial score (nSPS) is 17.1. The van der Waals surface area contributed by atoms with E-state index in [0.29, 0.717) is 25.3 Å². The van der Waals surface area contributed by atoms with Gasteiger partial charge in [0.1, 0.15) is 5.75 Å². The van der Waals surface area contributed by atoms with E-state index in [2.05, 4.69) is 15.9 Å². The van der Waals surface area contributed by atoms with E-state index in [-0.39, 0.29) is 17.8 Å². The smallest absolute Gasteiger partial charge is 0.238 e. The van der Waals surface area contributed by atoms with Crippen molar-refractivity contribution in [1.29, 1.82) is 0 Å². The van der Waals surface area contributed by atoms with Crippen LogP contribution >= 0.6 is 27.3 Å². The number of hydrogen-bond donors (Lipinski definition) is 0. The van der Waals surface area contributed by atoms with Gasteiger partial charge in [-0.2, -0.15) is 0 Å². The first-order valence-electron chi connectivity index (χ1n) is 8.78. The van der Waals surface area contributed by atoms with E-state index in [0.717, 1.165) is 22.2 Å². The van der Waals surface area contributed by atoms with Gasteiger partial charge in [-0.25, -0.2) is 8.42 Å². The minimum absolute atomic E-state index is 0.0123. The molecule has 5 nitrogen and oxygen atoms in total. The van der Waals surface area contributed by atoms with Gasteiger partial charge in [0.05, 0.1) is 18.4 Å². The Labute approximate surface area is 172 Å². The first-order chi connectivity index (χ1) is 12.9. The van der Waals surface area contributed by atoms with Gasteiger partial charge in [-0.3, -0.25) is 4.79 Å². The lowest BCUT2D eigenvalue weighted by Crippen LogP contribution is -2.40. The Balaban J connectivity index is 1.68. The fourth-order valence-electron chi connectivity index (χ4n) is 3.09. The molecule has 1 amide bonds. The molecule has 27 heavy (non-hydrogen) atoms. The van der Waals surface area contributed by atoms with Crippen LogP contribution in [0.2, 0.25) is 0 Å². The molecule has 3 rings (SSSR count). The molecule has 2 heterocycles. The van der Waals surface area contributed by atoms with Gasteiger partial charge >= 0.3 is 0 Å². The summed E-state index contributed by atoms with van der Waals surface area (Å²) in [5, 5.41) is 1.95. The zero-order chi connectivity index (χ0) is 19.3. The van der Waals surface area contributed by atoms with Crippen molar-refractivity contribution in [2.45, 2.75) is 31.2 Å². The van der Waals surface area contributed by atoms with Crippen molar-refractivity contribution in [1.82, 2.24) is 4.90 Å². The maximum atomic E-state index is 12.8. The summed E-state index contributed by atoms with van der Waals surface area (Å²) in [7, 11) is -3.56. The van der Waals surface area contributed by atoms with Crippen LogP contribution < -0.4 is 0 Å². The Morgan fingerprint density at radius 3 is 2.81 bits per heavy atom. The highest BCUT2D eigenvalue weighted by Gasteiger charge is 2.26. The third kappa shape index (κ3) is 6.41. The lowest BCUT2D eigenvalue weighted by atomic mass is 10.2. The van der Waals surface area contributed by atoms with Crippen LogP contribution in [-0.4, -0.2) is 44.2 Å². The largest absolute Gasteiger partial charge is 0.376 e. The number of ether oxygens (including phenoxy) is 1. The van der Waals surface area contributed by atoms with Crippen LogP contribution in [0.25, 0.3) is 0 Å². The average molecular weight is 472 g/mol. The highest BCUT2D eigenvalue weighted by molar-refractivity contribution is 9.10. The molecule has 1 saturated heterocycles. The second kappa shape index (κ2) is 9.32. The summed E-state index contributed by atoms with van der Waals surface area (Å²) in [5.41, 5.74) is 0.668. The molecule has 1 atom stereocenters. The summed E-state index contributed by atoms with van der Waals surface area (Å²) < 4.78 is 31.6. The molecule has 0 N–H and O–H groups in total. The molecule has 1 aliphatic heterocycles. The van der Waals surface area contributed by atoms with E-state index in [1.807, 2.05) is 23.6 Å². The van der Waals surface area contributed by atoms with Gasteiger partial charge in [0, 0.05) is 22.5 Å². The number of sulfone groups is 1. The molecule has 0 spiro atoms. The molecule has 1 fully saturated rings. The first-order valence-corrected chi connectivity index (χ1v) is 12.3. The molecule has 2 aromatic rings. The summed E-state index contributed by atoms with van der Waals surface area (Å²) in [6, 6.07) is 11.0. The fraction of sp³-hybridized carbons (Fsp3) is 0.421. The molecule has 0 bridgehead atoms. The summed E-state index contributed by atoms with van der Waals surface area (Å²) in [4.78, 5) is 15.5. The molecule has 0 aliphatic carbocycles. The monoisotopic (exact) mass is 471 g/mol. The van der Waals surface area contributed by atoms with E-state index in [1.54, 1.807) is 34.4 Å². The zero-order valence-electron chi connectivity index (χ0n) is 14.8. The van der Waals surface area contributed by atoms with E-state index in [9.17, 15) is 13.2 Å². The van der Waals surface area contributed by atoms with Crippen molar-refractivity contribution in [2.24, 2.45) is 0 Å². The van der Waals surface area contributed by atoms with Crippen LogP contribution in [-0.2, 0) is 31.7 Å². The number of benzene rings is 1. The molecule has 0 radical (unpaired) electrons. The Morgan fingerprint density at radius 1 is 1.30 bits per heavy atom. The van der Waals surface area contributed by atoms with Gasteiger partial charge in [-0.05, 0) is 42.0 Å². The highest BCUT2D eigenvalue weighted by Crippen LogP contribution is 2.19. The van der Waals surface area contributed by atoms with E-state index in [1.165, 1.54) is 0 Å². The molecule has 0 saturated carbocycles. The standard InChI is InChI=1S/C19H22BrNO4S2/c20-16-5-1-4-15(10-16)13-27(23,24)14-19(22)21(11-17-6-2-8-25-17)12-18-7-3-9-26-18/h1,3-5,7,9-10,17H,2,6,8,11-14H2. The van der Waals surface area contributed by atoms with Gasteiger partial charge in [0.15, 0.2) is 9.84 Å². The number of rotatable bonds is 8. The SMILES string of the molecule is O=C(CS(=O)(=O)Cc1cccc(Br)c1)N(Cc1cccs1)CC1CCCO1. The number of carbonyl (C=O) groups excluding carboxylic acids is 1. The molecule has 1 aromatic heterocycles. The van der Waals surface area contributed by atoms with Gasteiger partial charge in [0.2, 0.25) is 5.91 Å². The topological polar surface area (TPSA) is 63.7 Å². The number of halogens is 1. The predicted octanol–water partition coefficient (Wildman–Crippen LogP) is 3.63. The van der Waals surface area contributed by atoms with Crippen LogP contribution in [0.15, 0.2) is 46.3 Å². The zero-order valence-corrected chi connectivity index (χ0v) is 18.1. The maximum absolute atomic E-state index is 12.8. The van der Waals surface area contributed by atoms with Gasteiger partial charge in [-0.1, -0.05) is 34.1 Å². The van der Waals surface area contributed by atoms with Gasteiger partial charge in [0.25, 0.3) is 0 Å². The molecular weight excluding hydrogens is 450 g/mol. The summed E-state index contributed by atoms with van der Waals surface area (Å²) in [5.74, 6) is -1.00. The average Bonchev–Trinajstić information content (AvgIpc) is 3.27. The Morgan fingerprint density at radius 2 is 2.15 bits per heavy atom. The van der Waals surface area contributed by atoms with Crippen LogP contribution in [0, 0.1) is 0 Å². The molecule has 1 aromatic carbocycles. The Hall–Kier alpha value is -1.22. The fourth-order valence-corrected chi connectivity index (χ4v) is 5.60. The molecule has 1 aliphatic rings. The summed E-state index contributed by atoms with van der Waals surface area (Å²) in [6.07, 6.45) is 1.87. The maximum Gasteiger partial charge on any atom is 0.238 e. The van der Waals surface area contributed by atoms with Crippen LogP contribution in [0.5, 0.6) is 0 Å². The van der Waals surface area contributed by atoms with E-state index in [4.69, 9.17) is 4.74 Å². The highest BCUT2D eigenvalue weighted by atomic mass is 79.9. The van der Waals surface area contributed by atoms with Crippen molar-refractivity contribution >= 4 is 43.0 Å².